The van der Waals surface area contributed by atoms with E-state index in [0.717, 1.165) is 6.07 Å². The molecule has 0 atom stereocenters. The molecule has 0 aromatic heterocycles. The highest BCUT2D eigenvalue weighted by atomic mass is 16.3. The molecule has 0 bridgehead atoms. The number of ketones is 2. The summed E-state index contributed by atoms with van der Waals surface area (Å²) in [6, 6.07) is 13.0. The third kappa shape index (κ3) is 3.21. The zero-order chi connectivity index (χ0) is 18.8. The summed E-state index contributed by atoms with van der Waals surface area (Å²) in [6.07, 6.45) is 0. The summed E-state index contributed by atoms with van der Waals surface area (Å²) in [5, 5.41) is 38.2. The maximum Gasteiger partial charge on any atom is 0.196 e. The van der Waals surface area contributed by atoms with E-state index in [-0.39, 0.29) is 39.5 Å². The molecule has 0 heterocycles. The predicted molar refractivity (Wildman–Crippen MR) is 92.9 cm³/mol. The molecule has 0 aliphatic rings. The predicted octanol–water partition coefficient (Wildman–Crippen LogP) is 2.97. The lowest BCUT2D eigenvalue weighted by molar-refractivity contribution is 0.103. The van der Waals surface area contributed by atoms with E-state index in [1.807, 2.05) is 0 Å². The van der Waals surface area contributed by atoms with Crippen LogP contribution in [-0.2, 0) is 0 Å². The van der Waals surface area contributed by atoms with Crippen LogP contribution in [0.15, 0.2) is 60.7 Å². The molecule has 3 rings (SSSR count). The number of rotatable bonds is 4. The van der Waals surface area contributed by atoms with Gasteiger partial charge in [0.15, 0.2) is 23.1 Å². The van der Waals surface area contributed by atoms with Crippen LogP contribution in [-0.4, -0.2) is 32.0 Å². The van der Waals surface area contributed by atoms with Crippen molar-refractivity contribution >= 4 is 11.6 Å². The summed E-state index contributed by atoms with van der Waals surface area (Å²) in [4.78, 5) is 25.1. The molecule has 6 heteroatoms. The molecule has 0 amide bonds. The Morgan fingerprint density at radius 2 is 1.08 bits per heavy atom. The summed E-state index contributed by atoms with van der Waals surface area (Å²) in [5.74, 6) is -2.06. The van der Waals surface area contributed by atoms with Gasteiger partial charge in [-0.3, -0.25) is 9.59 Å². The monoisotopic (exact) mass is 350 g/mol. The Balaban J connectivity index is 1.99. The highest BCUT2D eigenvalue weighted by Gasteiger charge is 2.18. The number of carbonyl (C=O) groups excluding carboxylic acids is 2. The van der Waals surface area contributed by atoms with Crippen LogP contribution in [0.2, 0.25) is 0 Å². The molecule has 0 saturated carbocycles. The molecule has 0 aliphatic heterocycles. The Labute approximate surface area is 148 Å². The van der Waals surface area contributed by atoms with E-state index in [1.54, 1.807) is 0 Å². The Hall–Kier alpha value is -3.80. The number of hydrogen-bond donors (Lipinski definition) is 4. The summed E-state index contributed by atoms with van der Waals surface area (Å²) >= 11 is 0. The first-order valence-corrected chi connectivity index (χ1v) is 7.60. The van der Waals surface area contributed by atoms with E-state index in [2.05, 4.69) is 0 Å². The largest absolute Gasteiger partial charge is 0.508 e. The molecular formula is C20H14O6. The van der Waals surface area contributed by atoms with Crippen LogP contribution in [0, 0.1) is 0 Å². The third-order valence-corrected chi connectivity index (χ3v) is 3.87. The van der Waals surface area contributed by atoms with Gasteiger partial charge in [0, 0.05) is 16.7 Å². The van der Waals surface area contributed by atoms with Gasteiger partial charge in [-0.2, -0.15) is 0 Å². The second kappa shape index (κ2) is 6.60. The minimum atomic E-state index is -0.509. The lowest BCUT2D eigenvalue weighted by Crippen LogP contribution is -2.06. The SMILES string of the molecule is O=C(c1ccc(O)c(O)c1)c1ccc(O)c(C(=O)c2ccc(O)cc2)c1. The minimum Gasteiger partial charge on any atom is -0.508 e. The van der Waals surface area contributed by atoms with E-state index < -0.39 is 17.3 Å². The zero-order valence-electron chi connectivity index (χ0n) is 13.4. The topological polar surface area (TPSA) is 115 Å². The molecule has 130 valence electrons. The molecule has 3 aromatic carbocycles. The summed E-state index contributed by atoms with van der Waals surface area (Å²) in [5.41, 5.74) is 0.429. The maximum atomic E-state index is 12.6. The lowest BCUT2D eigenvalue weighted by Gasteiger charge is -2.08. The number of benzene rings is 3. The first-order chi connectivity index (χ1) is 12.4. The molecule has 6 nitrogen and oxygen atoms in total. The molecule has 0 saturated heterocycles. The number of hydrogen-bond acceptors (Lipinski definition) is 6. The molecule has 0 spiro atoms. The lowest BCUT2D eigenvalue weighted by atomic mass is 9.96. The molecule has 4 N–H and O–H groups in total. The molecule has 0 fully saturated rings. The highest BCUT2D eigenvalue weighted by molar-refractivity contribution is 6.14. The first-order valence-electron chi connectivity index (χ1n) is 7.60. The van der Waals surface area contributed by atoms with E-state index in [0.29, 0.717) is 0 Å². The quantitative estimate of drug-likeness (QED) is 0.425. The van der Waals surface area contributed by atoms with Crippen molar-refractivity contribution in [1.29, 1.82) is 0 Å². The minimum absolute atomic E-state index is 0.00170. The van der Waals surface area contributed by atoms with Gasteiger partial charge in [-0.05, 0) is 60.7 Å². The van der Waals surface area contributed by atoms with Gasteiger partial charge >= 0.3 is 0 Å². The van der Waals surface area contributed by atoms with Gasteiger partial charge in [-0.15, -0.1) is 0 Å². The number of phenols is 4. The molecule has 0 unspecified atom stereocenters. The van der Waals surface area contributed by atoms with Crippen LogP contribution in [0.25, 0.3) is 0 Å². The Morgan fingerprint density at radius 3 is 1.69 bits per heavy atom. The third-order valence-electron chi connectivity index (χ3n) is 3.87. The van der Waals surface area contributed by atoms with Crippen molar-refractivity contribution in [2.45, 2.75) is 0 Å². The number of aromatic hydroxyl groups is 4. The van der Waals surface area contributed by atoms with Crippen LogP contribution in [0.3, 0.4) is 0 Å². The number of phenolic OH excluding ortho intramolecular Hbond substituents is 4. The fourth-order valence-electron chi connectivity index (χ4n) is 2.46. The van der Waals surface area contributed by atoms with Crippen molar-refractivity contribution in [3.05, 3.63) is 82.9 Å². The Morgan fingerprint density at radius 1 is 0.538 bits per heavy atom. The number of carbonyl (C=O) groups is 2. The summed E-state index contributed by atoms with van der Waals surface area (Å²) < 4.78 is 0. The fourth-order valence-corrected chi connectivity index (χ4v) is 2.46. The van der Waals surface area contributed by atoms with Crippen molar-refractivity contribution < 1.29 is 30.0 Å². The van der Waals surface area contributed by atoms with Crippen LogP contribution in [0.5, 0.6) is 23.0 Å². The van der Waals surface area contributed by atoms with Crippen molar-refractivity contribution in [1.82, 2.24) is 0 Å². The van der Waals surface area contributed by atoms with Crippen molar-refractivity contribution in [3.8, 4) is 23.0 Å². The first kappa shape index (κ1) is 17.0. The van der Waals surface area contributed by atoms with Crippen LogP contribution >= 0.6 is 0 Å². The van der Waals surface area contributed by atoms with E-state index in [1.165, 1.54) is 54.6 Å². The van der Waals surface area contributed by atoms with Crippen LogP contribution in [0.4, 0.5) is 0 Å². The summed E-state index contributed by atoms with van der Waals surface area (Å²) in [6.45, 7) is 0. The Bertz CT molecular complexity index is 1010. The maximum absolute atomic E-state index is 12.6. The average molecular weight is 350 g/mol. The normalized spacial score (nSPS) is 10.5. The Kier molecular flexibility index (Phi) is 4.33. The van der Waals surface area contributed by atoms with Crippen LogP contribution < -0.4 is 0 Å². The molecule has 26 heavy (non-hydrogen) atoms. The zero-order valence-corrected chi connectivity index (χ0v) is 13.4. The van der Waals surface area contributed by atoms with Gasteiger partial charge in [-0.1, -0.05) is 0 Å². The van der Waals surface area contributed by atoms with E-state index >= 15 is 0 Å². The average Bonchev–Trinajstić information content (AvgIpc) is 2.64. The second-order valence-corrected chi connectivity index (χ2v) is 5.64. The second-order valence-electron chi connectivity index (χ2n) is 5.64. The fraction of sp³-hybridized carbons (Fsp3) is 0. The molecule has 0 aliphatic carbocycles. The van der Waals surface area contributed by atoms with Gasteiger partial charge < -0.3 is 20.4 Å². The highest BCUT2D eigenvalue weighted by Crippen LogP contribution is 2.28. The van der Waals surface area contributed by atoms with Crippen molar-refractivity contribution in [3.63, 3.8) is 0 Å². The molecule has 3 aromatic rings. The summed E-state index contributed by atoms with van der Waals surface area (Å²) in [7, 11) is 0. The van der Waals surface area contributed by atoms with Gasteiger partial charge in [0.2, 0.25) is 0 Å². The van der Waals surface area contributed by atoms with Crippen molar-refractivity contribution in [2.24, 2.45) is 0 Å². The molecular weight excluding hydrogens is 336 g/mol. The van der Waals surface area contributed by atoms with Gasteiger partial charge in [-0.25, -0.2) is 0 Å². The standard InChI is InChI=1S/C20H14O6/c21-14-5-1-11(2-6-14)20(26)15-9-12(3-7-16(15)22)19(25)13-4-8-17(23)18(24)10-13/h1-10,21-24H. The van der Waals surface area contributed by atoms with Crippen molar-refractivity contribution in [2.75, 3.05) is 0 Å². The van der Waals surface area contributed by atoms with Gasteiger partial charge in [0.25, 0.3) is 0 Å². The van der Waals surface area contributed by atoms with Gasteiger partial charge in [0.1, 0.15) is 11.5 Å². The molecule has 0 radical (unpaired) electrons. The smallest absolute Gasteiger partial charge is 0.196 e. The van der Waals surface area contributed by atoms with E-state index in [9.17, 15) is 30.0 Å². The van der Waals surface area contributed by atoms with Crippen LogP contribution in [0.1, 0.15) is 31.8 Å². The van der Waals surface area contributed by atoms with Gasteiger partial charge in [0.05, 0.1) is 5.56 Å². The van der Waals surface area contributed by atoms with E-state index in [4.69, 9.17) is 0 Å².